The van der Waals surface area contributed by atoms with E-state index in [1.165, 1.54) is 35.0 Å². The maximum absolute atomic E-state index is 12.5. The lowest BCUT2D eigenvalue weighted by Crippen LogP contribution is -2.42. The third kappa shape index (κ3) is 5.91. The van der Waals surface area contributed by atoms with E-state index < -0.39 is 38.8 Å². The fourth-order valence-electron chi connectivity index (χ4n) is 2.04. The van der Waals surface area contributed by atoms with Crippen molar-refractivity contribution < 1.29 is 32.6 Å². The molecular weight excluding hydrogens is 362 g/mol. The Hall–Kier alpha value is -2.29. The Morgan fingerprint density at radius 3 is 1.96 bits per heavy atom. The van der Waals surface area contributed by atoms with Crippen LogP contribution in [-0.4, -0.2) is 61.6 Å². The summed E-state index contributed by atoms with van der Waals surface area (Å²) in [6.07, 6.45) is 0. The number of methoxy groups -OCH3 is 2. The van der Waals surface area contributed by atoms with Crippen molar-refractivity contribution in [2.75, 3.05) is 26.5 Å². The summed E-state index contributed by atoms with van der Waals surface area (Å²) >= 11 is 0. The van der Waals surface area contributed by atoms with Gasteiger partial charge in [0, 0.05) is 12.6 Å². The van der Waals surface area contributed by atoms with Gasteiger partial charge >= 0.3 is 5.97 Å². The van der Waals surface area contributed by atoms with Gasteiger partial charge in [0.2, 0.25) is 5.91 Å². The molecule has 0 bridgehead atoms. The van der Waals surface area contributed by atoms with Crippen LogP contribution in [0, 0.1) is 0 Å². The van der Waals surface area contributed by atoms with E-state index in [0.717, 1.165) is 4.90 Å². The Labute approximate surface area is 153 Å². The summed E-state index contributed by atoms with van der Waals surface area (Å²) in [5.41, 5.74) is 0.559. The molecular formula is C17H25NO7S. The van der Waals surface area contributed by atoms with Gasteiger partial charge in [-0.05, 0) is 38.5 Å². The highest BCUT2D eigenvalue weighted by molar-refractivity contribution is 7.93. The van der Waals surface area contributed by atoms with Gasteiger partial charge in [-0.15, -0.1) is 0 Å². The number of amides is 1. The first kappa shape index (κ1) is 21.8. The largest absolute Gasteiger partial charge is 0.497 e. The lowest BCUT2D eigenvalue weighted by Gasteiger charge is -2.24. The van der Waals surface area contributed by atoms with E-state index in [4.69, 9.17) is 14.6 Å². The Balaban J connectivity index is 3.12. The molecule has 1 aromatic carbocycles. The molecule has 0 radical (unpaired) electrons. The second kappa shape index (κ2) is 8.39. The van der Waals surface area contributed by atoms with Gasteiger partial charge in [-0.1, -0.05) is 0 Å². The van der Waals surface area contributed by atoms with Crippen molar-refractivity contribution in [3.63, 3.8) is 0 Å². The van der Waals surface area contributed by atoms with E-state index in [-0.39, 0.29) is 6.54 Å². The second-order valence-corrected chi connectivity index (χ2v) is 9.48. The number of hydrogen-bond acceptors (Lipinski definition) is 6. The quantitative estimate of drug-likeness (QED) is 0.716. The Kier molecular flexibility index (Phi) is 7.02. The van der Waals surface area contributed by atoms with Gasteiger partial charge in [0.15, 0.2) is 9.84 Å². The van der Waals surface area contributed by atoms with E-state index in [2.05, 4.69) is 0 Å². The van der Waals surface area contributed by atoms with E-state index in [9.17, 15) is 18.0 Å². The van der Waals surface area contributed by atoms with Crippen LogP contribution in [0.3, 0.4) is 0 Å². The molecule has 1 aromatic rings. The highest BCUT2D eigenvalue weighted by atomic mass is 32.2. The van der Waals surface area contributed by atoms with Crippen LogP contribution in [0.4, 0.5) is 0 Å². The minimum Gasteiger partial charge on any atom is -0.497 e. The molecule has 1 N–H and O–H groups in total. The Bertz CT molecular complexity index is 744. The van der Waals surface area contributed by atoms with E-state index in [0.29, 0.717) is 17.1 Å². The van der Waals surface area contributed by atoms with E-state index >= 15 is 0 Å². The van der Waals surface area contributed by atoms with Crippen LogP contribution in [0.1, 0.15) is 26.3 Å². The molecule has 9 heteroatoms. The maximum atomic E-state index is 12.5. The smallest absolute Gasteiger partial charge is 0.323 e. The van der Waals surface area contributed by atoms with Crippen molar-refractivity contribution in [3.8, 4) is 11.5 Å². The highest BCUT2D eigenvalue weighted by Gasteiger charge is 2.33. The predicted molar refractivity (Wildman–Crippen MR) is 96.1 cm³/mol. The number of ether oxygens (including phenoxy) is 2. The minimum absolute atomic E-state index is 0.0850. The summed E-state index contributed by atoms with van der Waals surface area (Å²) in [6.45, 7) is 3.77. The predicted octanol–water partition coefficient (Wildman–Crippen LogP) is 1.33. The zero-order valence-corrected chi connectivity index (χ0v) is 16.4. The number of carbonyl (C=O) groups is 2. The topological polar surface area (TPSA) is 110 Å². The average molecular weight is 387 g/mol. The first-order valence-electron chi connectivity index (χ1n) is 7.83. The monoisotopic (exact) mass is 387 g/mol. The highest BCUT2D eigenvalue weighted by Crippen LogP contribution is 2.24. The van der Waals surface area contributed by atoms with Crippen LogP contribution in [-0.2, 0) is 26.0 Å². The molecule has 0 aliphatic heterocycles. The van der Waals surface area contributed by atoms with Gasteiger partial charge in [0.05, 0.1) is 19.0 Å². The Morgan fingerprint density at radius 2 is 1.58 bits per heavy atom. The van der Waals surface area contributed by atoms with Crippen LogP contribution in [0.25, 0.3) is 0 Å². The number of nitrogens with zero attached hydrogens (tertiary/aromatic N) is 1. The molecule has 0 unspecified atom stereocenters. The van der Waals surface area contributed by atoms with Crippen molar-refractivity contribution in [1.82, 2.24) is 4.90 Å². The fraction of sp³-hybridized carbons (Fsp3) is 0.529. The molecule has 146 valence electrons. The summed E-state index contributed by atoms with van der Waals surface area (Å²) in [5, 5.41) is 9.08. The van der Waals surface area contributed by atoms with Crippen LogP contribution >= 0.6 is 0 Å². The molecule has 0 spiro atoms. The zero-order chi connectivity index (χ0) is 20.1. The van der Waals surface area contributed by atoms with Gasteiger partial charge in [-0.25, -0.2) is 8.42 Å². The fourth-order valence-corrected chi connectivity index (χ4v) is 2.98. The molecule has 26 heavy (non-hydrogen) atoms. The molecule has 8 nitrogen and oxygen atoms in total. The summed E-state index contributed by atoms with van der Waals surface area (Å²) in [7, 11) is -0.795. The van der Waals surface area contributed by atoms with Crippen LogP contribution in [0.2, 0.25) is 0 Å². The van der Waals surface area contributed by atoms with Gasteiger partial charge < -0.3 is 19.5 Å². The average Bonchev–Trinajstić information content (AvgIpc) is 2.51. The standard InChI is InChI=1S/C17H25NO7S/c1-17(2,3)26(22,23)11-15(19)18(10-16(20)21)9-12-6-13(24-4)8-14(7-12)25-5/h6-8H,9-11H2,1-5H3,(H,20,21). The lowest BCUT2D eigenvalue weighted by molar-refractivity contribution is -0.143. The van der Waals surface area contributed by atoms with Gasteiger partial charge in [-0.3, -0.25) is 9.59 Å². The van der Waals surface area contributed by atoms with Crippen molar-refractivity contribution in [1.29, 1.82) is 0 Å². The van der Waals surface area contributed by atoms with Crippen molar-refractivity contribution in [3.05, 3.63) is 23.8 Å². The molecule has 0 atom stereocenters. The first-order chi connectivity index (χ1) is 11.9. The zero-order valence-electron chi connectivity index (χ0n) is 15.6. The molecule has 0 fully saturated rings. The number of benzene rings is 1. The number of carboxylic acid groups (broad SMARTS) is 1. The molecule has 0 saturated heterocycles. The molecule has 0 aromatic heterocycles. The number of sulfone groups is 1. The van der Waals surface area contributed by atoms with Crippen molar-refractivity contribution in [2.45, 2.75) is 32.1 Å². The molecule has 0 saturated carbocycles. The number of carbonyl (C=O) groups excluding carboxylic acids is 1. The lowest BCUT2D eigenvalue weighted by atomic mass is 10.2. The van der Waals surface area contributed by atoms with E-state index in [1.807, 2.05) is 0 Å². The first-order valence-corrected chi connectivity index (χ1v) is 9.48. The SMILES string of the molecule is COc1cc(CN(CC(=O)O)C(=O)CS(=O)(=O)C(C)(C)C)cc(OC)c1. The summed E-state index contributed by atoms with van der Waals surface area (Å²) in [6, 6.07) is 4.89. The molecule has 0 heterocycles. The summed E-state index contributed by atoms with van der Waals surface area (Å²) in [4.78, 5) is 24.6. The normalized spacial score (nSPS) is 11.7. The third-order valence-electron chi connectivity index (χ3n) is 3.71. The van der Waals surface area contributed by atoms with Crippen LogP contribution < -0.4 is 9.47 Å². The molecule has 1 amide bonds. The third-order valence-corrected chi connectivity index (χ3v) is 6.20. The number of rotatable bonds is 8. The van der Waals surface area contributed by atoms with Gasteiger partial charge in [0.25, 0.3) is 0 Å². The van der Waals surface area contributed by atoms with Gasteiger partial charge in [-0.2, -0.15) is 0 Å². The van der Waals surface area contributed by atoms with Gasteiger partial charge in [0.1, 0.15) is 23.8 Å². The van der Waals surface area contributed by atoms with Crippen molar-refractivity contribution >= 4 is 21.7 Å². The Morgan fingerprint density at radius 1 is 1.08 bits per heavy atom. The molecule has 0 aliphatic carbocycles. The molecule has 0 aliphatic rings. The van der Waals surface area contributed by atoms with Crippen LogP contribution in [0.5, 0.6) is 11.5 Å². The van der Waals surface area contributed by atoms with E-state index in [1.54, 1.807) is 18.2 Å². The number of aliphatic carboxylic acids is 1. The maximum Gasteiger partial charge on any atom is 0.323 e. The number of carboxylic acids is 1. The van der Waals surface area contributed by atoms with Crippen LogP contribution in [0.15, 0.2) is 18.2 Å². The minimum atomic E-state index is -3.73. The number of hydrogen-bond donors (Lipinski definition) is 1. The summed E-state index contributed by atoms with van der Waals surface area (Å²) < 4.78 is 33.7. The molecule has 1 rings (SSSR count). The second-order valence-electron chi connectivity index (χ2n) is 6.74. The van der Waals surface area contributed by atoms with Crippen molar-refractivity contribution in [2.24, 2.45) is 0 Å². The summed E-state index contributed by atoms with van der Waals surface area (Å²) in [5.74, 6) is -1.82.